The number of anilines is 1. The molecule has 8 nitrogen and oxygen atoms in total. The molecular weight excluding hydrogens is 657 g/mol. The van der Waals surface area contributed by atoms with E-state index in [0.29, 0.717) is 27.9 Å². The molecule has 0 heterocycles. The van der Waals surface area contributed by atoms with Crippen LogP contribution in [-0.4, -0.2) is 50.9 Å². The van der Waals surface area contributed by atoms with Gasteiger partial charge in [-0.1, -0.05) is 104 Å². The number of hydrogen-bond acceptors (Lipinski definition) is 5. The number of amides is 2. The fourth-order valence-electron chi connectivity index (χ4n) is 4.98. The number of para-hydroxylation sites is 2. The van der Waals surface area contributed by atoms with Gasteiger partial charge in [0.05, 0.1) is 27.2 Å². The first-order chi connectivity index (χ1) is 22.5. The van der Waals surface area contributed by atoms with Gasteiger partial charge >= 0.3 is 0 Å². The fourth-order valence-corrected chi connectivity index (χ4v) is 6.75. The lowest BCUT2D eigenvalue weighted by molar-refractivity contribution is -0.140. The van der Waals surface area contributed by atoms with Crippen LogP contribution in [0.5, 0.6) is 5.75 Å². The Morgan fingerprint density at radius 1 is 0.830 bits per heavy atom. The molecule has 0 saturated carbocycles. The Balaban J connectivity index is 1.84. The minimum atomic E-state index is -4.27. The largest absolute Gasteiger partial charge is 0.492 e. The molecule has 0 saturated heterocycles. The van der Waals surface area contributed by atoms with Gasteiger partial charge in [-0.2, -0.15) is 0 Å². The maximum atomic E-state index is 14.6. The molecule has 0 radical (unpaired) electrons. The monoisotopic (exact) mass is 695 g/mol. The number of benzene rings is 4. The maximum Gasteiger partial charge on any atom is 0.264 e. The van der Waals surface area contributed by atoms with E-state index in [1.165, 1.54) is 17.0 Å². The number of sulfonamides is 1. The Bertz CT molecular complexity index is 1760. The lowest BCUT2D eigenvalue weighted by Gasteiger charge is -2.34. The van der Waals surface area contributed by atoms with Crippen LogP contribution in [0.2, 0.25) is 10.0 Å². The van der Waals surface area contributed by atoms with Crippen molar-refractivity contribution in [2.24, 2.45) is 5.92 Å². The van der Waals surface area contributed by atoms with Gasteiger partial charge in [-0.3, -0.25) is 13.9 Å². The average molecular weight is 697 g/mol. The Morgan fingerprint density at radius 3 is 2.11 bits per heavy atom. The second kappa shape index (κ2) is 16.7. The van der Waals surface area contributed by atoms with Crippen LogP contribution >= 0.6 is 23.2 Å². The van der Waals surface area contributed by atoms with Gasteiger partial charge < -0.3 is 15.0 Å². The fraction of sp³-hybridized carbons (Fsp3) is 0.278. The third-order valence-corrected chi connectivity index (χ3v) is 9.85. The summed E-state index contributed by atoms with van der Waals surface area (Å²) < 4.78 is 35.3. The number of nitrogens with zero attached hydrogens (tertiary/aromatic N) is 2. The van der Waals surface area contributed by atoms with E-state index in [1.807, 2.05) is 44.2 Å². The van der Waals surface area contributed by atoms with E-state index >= 15 is 0 Å². The molecule has 0 spiro atoms. The van der Waals surface area contributed by atoms with E-state index in [-0.39, 0.29) is 42.0 Å². The number of hydrogen-bond donors (Lipinski definition) is 1. The Labute approximate surface area is 287 Å². The molecule has 4 rings (SSSR count). The first kappa shape index (κ1) is 35.8. The van der Waals surface area contributed by atoms with Gasteiger partial charge in [0.2, 0.25) is 11.8 Å². The third kappa shape index (κ3) is 9.50. The average Bonchev–Trinajstić information content (AvgIpc) is 3.07. The predicted octanol–water partition coefficient (Wildman–Crippen LogP) is 7.00. The molecule has 0 aliphatic heterocycles. The number of carbonyl (C=O) groups is 2. The third-order valence-electron chi connectivity index (χ3n) is 7.34. The van der Waals surface area contributed by atoms with Crippen LogP contribution in [0, 0.1) is 5.92 Å². The summed E-state index contributed by atoms with van der Waals surface area (Å²) in [5.74, 6) is -0.489. The molecule has 0 fully saturated rings. The minimum absolute atomic E-state index is 0.00523. The van der Waals surface area contributed by atoms with Crippen LogP contribution in [0.3, 0.4) is 0 Å². The maximum absolute atomic E-state index is 14.6. The van der Waals surface area contributed by atoms with Crippen molar-refractivity contribution in [3.05, 3.63) is 124 Å². The summed E-state index contributed by atoms with van der Waals surface area (Å²) in [7, 11) is -4.27. The van der Waals surface area contributed by atoms with Crippen LogP contribution in [0.25, 0.3) is 0 Å². The number of carbonyl (C=O) groups excluding carboxylic acids is 2. The van der Waals surface area contributed by atoms with Crippen molar-refractivity contribution in [1.82, 2.24) is 10.2 Å². The lowest BCUT2D eigenvalue weighted by atomic mass is 10.0. The Morgan fingerprint density at radius 2 is 1.47 bits per heavy atom. The smallest absolute Gasteiger partial charge is 0.264 e. The van der Waals surface area contributed by atoms with Crippen molar-refractivity contribution in [3.8, 4) is 5.75 Å². The lowest BCUT2D eigenvalue weighted by Crippen LogP contribution is -2.53. The summed E-state index contributed by atoms with van der Waals surface area (Å²) in [6.45, 7) is 5.79. The number of nitrogens with one attached hydrogen (secondary N) is 1. The van der Waals surface area contributed by atoms with Gasteiger partial charge in [-0.05, 0) is 60.4 Å². The van der Waals surface area contributed by atoms with E-state index in [4.69, 9.17) is 27.9 Å². The minimum Gasteiger partial charge on any atom is -0.492 e. The van der Waals surface area contributed by atoms with E-state index in [9.17, 15) is 18.0 Å². The van der Waals surface area contributed by atoms with Crippen LogP contribution < -0.4 is 14.4 Å². The zero-order valence-electron chi connectivity index (χ0n) is 26.6. The van der Waals surface area contributed by atoms with Crippen molar-refractivity contribution in [2.75, 3.05) is 24.0 Å². The van der Waals surface area contributed by atoms with Gasteiger partial charge in [0, 0.05) is 19.5 Å². The van der Waals surface area contributed by atoms with Crippen molar-refractivity contribution >= 4 is 50.7 Å². The highest BCUT2D eigenvalue weighted by Crippen LogP contribution is 2.33. The van der Waals surface area contributed by atoms with Crippen molar-refractivity contribution in [2.45, 2.75) is 44.7 Å². The first-order valence-electron chi connectivity index (χ1n) is 15.4. The topological polar surface area (TPSA) is 96.0 Å². The predicted molar refractivity (Wildman–Crippen MR) is 187 cm³/mol. The van der Waals surface area contributed by atoms with Crippen LogP contribution in [0.1, 0.15) is 31.9 Å². The van der Waals surface area contributed by atoms with Crippen molar-refractivity contribution in [1.29, 1.82) is 0 Å². The second-order valence-corrected chi connectivity index (χ2v) is 14.0. The number of ether oxygens (including phenoxy) is 1. The second-order valence-electron chi connectivity index (χ2n) is 11.3. The quantitative estimate of drug-likeness (QED) is 0.145. The Hall–Kier alpha value is -4.05. The molecule has 0 bridgehead atoms. The van der Waals surface area contributed by atoms with E-state index in [1.54, 1.807) is 67.6 Å². The van der Waals surface area contributed by atoms with Gasteiger partial charge in [0.25, 0.3) is 10.0 Å². The van der Waals surface area contributed by atoms with Crippen LogP contribution in [0.4, 0.5) is 5.69 Å². The molecule has 1 N–H and O–H groups in total. The molecule has 47 heavy (non-hydrogen) atoms. The SMILES string of the molecule is CCOc1ccccc1N(CC(=O)N(Cc1ccc(Cl)c(Cl)c1)[C@H](Cc1ccccc1)C(=O)NCC(C)C)S(=O)(=O)c1ccccc1. The van der Waals surface area contributed by atoms with E-state index in [0.717, 1.165) is 9.87 Å². The summed E-state index contributed by atoms with van der Waals surface area (Å²) in [5.41, 5.74) is 1.65. The molecule has 2 amide bonds. The first-order valence-corrected chi connectivity index (χ1v) is 17.6. The molecule has 4 aromatic rings. The van der Waals surface area contributed by atoms with Gasteiger partial charge in [-0.15, -0.1) is 0 Å². The van der Waals surface area contributed by atoms with Crippen molar-refractivity contribution in [3.63, 3.8) is 0 Å². The zero-order chi connectivity index (χ0) is 34.0. The standard InChI is InChI=1S/C36H39Cl2N3O5S/c1-4-46-34-18-12-11-17-32(34)41(47(44,45)29-15-9-6-10-16-29)25-35(42)40(24-28-19-20-30(37)31(38)21-28)33(36(43)39-23-26(2)3)22-27-13-7-5-8-14-27/h5-21,26,33H,4,22-25H2,1-3H3,(H,39,43)/t33-/m1/s1. The molecule has 0 aliphatic rings. The number of halogens is 2. The van der Waals surface area contributed by atoms with Gasteiger partial charge in [0.1, 0.15) is 18.3 Å². The summed E-state index contributed by atoms with van der Waals surface area (Å²) in [4.78, 5) is 30.0. The molecule has 0 aromatic heterocycles. The summed E-state index contributed by atoms with van der Waals surface area (Å²) in [6.07, 6.45) is 0.193. The van der Waals surface area contributed by atoms with Crippen molar-refractivity contribution < 1.29 is 22.7 Å². The highest BCUT2D eigenvalue weighted by atomic mass is 35.5. The molecular formula is C36H39Cl2N3O5S. The highest BCUT2D eigenvalue weighted by Gasteiger charge is 2.35. The number of rotatable bonds is 15. The molecule has 4 aromatic carbocycles. The summed E-state index contributed by atoms with van der Waals surface area (Å²) in [6, 6.07) is 27.9. The van der Waals surface area contributed by atoms with Gasteiger partial charge in [-0.25, -0.2) is 8.42 Å². The normalized spacial score (nSPS) is 12.0. The molecule has 0 unspecified atom stereocenters. The zero-order valence-corrected chi connectivity index (χ0v) is 28.9. The van der Waals surface area contributed by atoms with Crippen LogP contribution in [0.15, 0.2) is 108 Å². The summed E-state index contributed by atoms with van der Waals surface area (Å²) in [5, 5.41) is 3.61. The molecule has 0 aliphatic carbocycles. The van der Waals surface area contributed by atoms with Crippen LogP contribution in [-0.2, 0) is 32.6 Å². The Kier molecular flexibility index (Phi) is 12.7. The van der Waals surface area contributed by atoms with E-state index in [2.05, 4.69) is 5.32 Å². The molecule has 11 heteroatoms. The highest BCUT2D eigenvalue weighted by molar-refractivity contribution is 7.92. The van der Waals surface area contributed by atoms with Gasteiger partial charge in [0.15, 0.2) is 0 Å². The van der Waals surface area contributed by atoms with E-state index < -0.39 is 28.5 Å². The molecule has 248 valence electrons. The molecule has 1 atom stereocenters. The summed E-state index contributed by atoms with van der Waals surface area (Å²) >= 11 is 12.6.